The quantitative estimate of drug-likeness (QED) is 0.448. The van der Waals surface area contributed by atoms with Gasteiger partial charge in [-0.05, 0) is 57.0 Å². The van der Waals surface area contributed by atoms with E-state index in [1.54, 1.807) is 33.0 Å². The smallest absolute Gasteiger partial charge is 0.290 e. The van der Waals surface area contributed by atoms with Gasteiger partial charge in [0.1, 0.15) is 11.5 Å². The first-order valence-electron chi connectivity index (χ1n) is 11.8. The molecule has 1 fully saturated rings. The summed E-state index contributed by atoms with van der Waals surface area (Å²) in [6, 6.07) is 5.01. The summed E-state index contributed by atoms with van der Waals surface area (Å²) in [7, 11) is 0. The summed E-state index contributed by atoms with van der Waals surface area (Å²) in [5.74, 6) is -1.28. The number of amides is 1. The van der Waals surface area contributed by atoms with E-state index in [4.69, 9.17) is 4.74 Å². The summed E-state index contributed by atoms with van der Waals surface area (Å²) >= 11 is 0. The third-order valence-electron chi connectivity index (χ3n) is 6.31. The topological polar surface area (TPSA) is 76.7 Å². The van der Waals surface area contributed by atoms with Crippen molar-refractivity contribution >= 4 is 22.9 Å². The number of imidazole rings is 2. The Morgan fingerprint density at radius 2 is 1.86 bits per heavy atom. The summed E-state index contributed by atoms with van der Waals surface area (Å²) in [4.78, 5) is 23.3. The zero-order chi connectivity index (χ0) is 25.6. The Balaban J connectivity index is 1.51. The van der Waals surface area contributed by atoms with Gasteiger partial charge in [0.25, 0.3) is 12.0 Å². The third-order valence-corrected chi connectivity index (χ3v) is 6.31. The van der Waals surface area contributed by atoms with Gasteiger partial charge in [-0.3, -0.25) is 4.79 Å². The number of anilines is 2. The Hall–Kier alpha value is -3.79. The van der Waals surface area contributed by atoms with E-state index in [1.807, 2.05) is 29.8 Å². The molecule has 0 radical (unpaired) electrons. The van der Waals surface area contributed by atoms with Gasteiger partial charge in [0, 0.05) is 49.0 Å². The van der Waals surface area contributed by atoms with Crippen LogP contribution in [0.4, 0.5) is 20.2 Å². The van der Waals surface area contributed by atoms with Crippen molar-refractivity contribution in [3.8, 4) is 11.1 Å². The molecule has 36 heavy (non-hydrogen) atoms. The summed E-state index contributed by atoms with van der Waals surface area (Å²) in [5, 5.41) is 2.56. The number of halogens is 2. The monoisotopic (exact) mass is 494 g/mol. The van der Waals surface area contributed by atoms with Gasteiger partial charge in [0.05, 0.1) is 24.6 Å². The zero-order valence-corrected chi connectivity index (χ0v) is 20.7. The maximum absolute atomic E-state index is 14.9. The predicted octanol–water partition coefficient (Wildman–Crippen LogP) is 4.63. The van der Waals surface area contributed by atoms with E-state index in [0.29, 0.717) is 18.8 Å². The van der Waals surface area contributed by atoms with Crippen LogP contribution in [-0.4, -0.2) is 51.1 Å². The van der Waals surface area contributed by atoms with Crippen molar-refractivity contribution in [2.75, 3.05) is 36.5 Å². The van der Waals surface area contributed by atoms with Crippen molar-refractivity contribution in [3.63, 3.8) is 0 Å². The molecule has 0 saturated carbocycles. The number of ether oxygens (including phenoxy) is 1. The number of benzene rings is 1. The predicted molar refractivity (Wildman–Crippen MR) is 133 cm³/mol. The SMILES string of the molecule is Cc1cc(F)c(NC(=O)c2cn(C(C)(C)C)c(F)n2)cc1-c1cc(N2CCOCC2)c2nccn2c1. The molecule has 5 rings (SSSR count). The van der Waals surface area contributed by atoms with Crippen LogP contribution in [0.5, 0.6) is 0 Å². The molecule has 0 atom stereocenters. The van der Waals surface area contributed by atoms with Crippen LogP contribution in [0.15, 0.2) is 43.0 Å². The van der Waals surface area contributed by atoms with Gasteiger partial charge < -0.3 is 23.9 Å². The van der Waals surface area contributed by atoms with Crippen LogP contribution < -0.4 is 10.2 Å². The highest BCUT2D eigenvalue weighted by Crippen LogP contribution is 2.33. The molecule has 4 heterocycles. The first-order valence-corrected chi connectivity index (χ1v) is 11.8. The third kappa shape index (κ3) is 4.44. The number of aryl methyl sites for hydroxylation is 1. The molecule has 1 N–H and O–H groups in total. The molecular formula is C26H28F2N6O2. The second-order valence-corrected chi connectivity index (χ2v) is 9.91. The van der Waals surface area contributed by atoms with Gasteiger partial charge in [0.2, 0.25) is 0 Å². The molecule has 1 aliphatic heterocycles. The van der Waals surface area contributed by atoms with Crippen molar-refractivity contribution in [1.82, 2.24) is 18.9 Å². The molecule has 1 amide bonds. The number of hydrogen-bond acceptors (Lipinski definition) is 5. The number of nitrogens with zero attached hydrogens (tertiary/aromatic N) is 5. The Morgan fingerprint density at radius 3 is 2.56 bits per heavy atom. The summed E-state index contributed by atoms with van der Waals surface area (Å²) in [6.07, 6.45) is 6.09. The lowest BCUT2D eigenvalue weighted by atomic mass is 10.00. The largest absolute Gasteiger partial charge is 0.378 e. The van der Waals surface area contributed by atoms with Crippen LogP contribution >= 0.6 is 0 Å². The molecular weight excluding hydrogens is 466 g/mol. The van der Waals surface area contributed by atoms with Gasteiger partial charge in [-0.25, -0.2) is 9.37 Å². The van der Waals surface area contributed by atoms with Crippen LogP contribution in [0.1, 0.15) is 36.8 Å². The Bertz CT molecular complexity index is 1450. The standard InChI is InChI=1S/C26H28F2N6O2/c1-16-11-19(27)20(30-24(35)21-15-34(25(28)31-21)26(2,3)4)13-18(16)17-12-22(32-7-9-36-10-8-32)23-29-5-6-33(23)14-17/h5-6,11-15H,7-10H2,1-4H3,(H,30,35). The first-order chi connectivity index (χ1) is 17.1. The minimum atomic E-state index is -0.776. The minimum absolute atomic E-state index is 0.00929. The van der Waals surface area contributed by atoms with E-state index >= 15 is 0 Å². The minimum Gasteiger partial charge on any atom is -0.378 e. The van der Waals surface area contributed by atoms with Crippen LogP contribution in [-0.2, 0) is 10.3 Å². The van der Waals surface area contributed by atoms with E-state index < -0.39 is 23.3 Å². The number of hydrogen-bond donors (Lipinski definition) is 1. The fourth-order valence-electron chi connectivity index (χ4n) is 4.40. The maximum atomic E-state index is 14.9. The van der Waals surface area contributed by atoms with Gasteiger partial charge in [-0.1, -0.05) is 0 Å². The Kier molecular flexibility index (Phi) is 5.99. The van der Waals surface area contributed by atoms with Crippen LogP contribution in [0.2, 0.25) is 0 Å². The van der Waals surface area contributed by atoms with Crippen molar-refractivity contribution in [2.45, 2.75) is 33.2 Å². The van der Waals surface area contributed by atoms with E-state index in [2.05, 4.69) is 20.2 Å². The van der Waals surface area contributed by atoms with E-state index in [9.17, 15) is 13.6 Å². The summed E-state index contributed by atoms with van der Waals surface area (Å²) in [6.45, 7) is 9.97. The number of rotatable bonds is 4. The fraction of sp³-hybridized carbons (Fsp3) is 0.346. The number of nitrogens with one attached hydrogen (secondary N) is 1. The van der Waals surface area contributed by atoms with E-state index in [-0.39, 0.29) is 11.4 Å². The lowest BCUT2D eigenvalue weighted by Crippen LogP contribution is -2.36. The molecule has 8 nitrogen and oxygen atoms in total. The Morgan fingerprint density at radius 1 is 1.11 bits per heavy atom. The molecule has 1 aliphatic rings. The molecule has 4 aromatic rings. The molecule has 1 saturated heterocycles. The average molecular weight is 495 g/mol. The highest BCUT2D eigenvalue weighted by molar-refractivity contribution is 6.03. The lowest BCUT2D eigenvalue weighted by molar-refractivity contribution is 0.102. The molecule has 1 aromatic carbocycles. The number of pyridine rings is 1. The summed E-state index contributed by atoms with van der Waals surface area (Å²) < 4.78 is 37.9. The normalized spacial score (nSPS) is 14.4. The second kappa shape index (κ2) is 9.02. The van der Waals surface area contributed by atoms with Crippen molar-refractivity contribution < 1.29 is 18.3 Å². The molecule has 3 aromatic heterocycles. The number of carbonyl (C=O) groups is 1. The second-order valence-electron chi connectivity index (χ2n) is 9.91. The molecule has 0 unspecified atom stereocenters. The van der Waals surface area contributed by atoms with Crippen molar-refractivity contribution in [1.29, 1.82) is 0 Å². The highest BCUT2D eigenvalue weighted by Gasteiger charge is 2.23. The number of morpholine rings is 1. The van der Waals surface area contributed by atoms with Crippen molar-refractivity contribution in [3.05, 3.63) is 66.1 Å². The molecule has 10 heteroatoms. The van der Waals surface area contributed by atoms with E-state index in [0.717, 1.165) is 35.6 Å². The zero-order valence-electron chi connectivity index (χ0n) is 20.7. The average Bonchev–Trinajstić information content (AvgIpc) is 3.47. The van der Waals surface area contributed by atoms with Gasteiger partial charge in [0.15, 0.2) is 5.65 Å². The van der Waals surface area contributed by atoms with Crippen LogP contribution in [0.25, 0.3) is 16.8 Å². The van der Waals surface area contributed by atoms with E-state index in [1.165, 1.54) is 16.8 Å². The maximum Gasteiger partial charge on any atom is 0.290 e. The molecule has 0 spiro atoms. The first kappa shape index (κ1) is 23.9. The highest BCUT2D eigenvalue weighted by atomic mass is 19.1. The van der Waals surface area contributed by atoms with Gasteiger partial charge in [-0.2, -0.15) is 9.37 Å². The number of fused-ring (bicyclic) bond motifs is 1. The Labute approximate surface area is 207 Å². The molecule has 0 bridgehead atoms. The van der Waals surface area contributed by atoms with Crippen LogP contribution in [0, 0.1) is 18.8 Å². The van der Waals surface area contributed by atoms with Crippen LogP contribution in [0.3, 0.4) is 0 Å². The number of aromatic nitrogens is 4. The molecule has 188 valence electrons. The van der Waals surface area contributed by atoms with Gasteiger partial charge in [-0.15, -0.1) is 0 Å². The summed E-state index contributed by atoms with van der Waals surface area (Å²) in [5.41, 5.74) is 3.36. The molecule has 0 aliphatic carbocycles. The number of carbonyl (C=O) groups excluding carboxylic acids is 1. The van der Waals surface area contributed by atoms with Crippen molar-refractivity contribution in [2.24, 2.45) is 0 Å². The van der Waals surface area contributed by atoms with Gasteiger partial charge >= 0.3 is 0 Å². The lowest BCUT2D eigenvalue weighted by Gasteiger charge is -2.29. The fourth-order valence-corrected chi connectivity index (χ4v) is 4.40.